The van der Waals surface area contributed by atoms with Crippen LogP contribution in [0.25, 0.3) is 6.08 Å². The average molecular weight is 745 g/mol. The molecule has 7 atom stereocenters. The zero-order valence-electron chi connectivity index (χ0n) is 32.1. The van der Waals surface area contributed by atoms with Crippen molar-refractivity contribution in [3.8, 4) is 0 Å². The van der Waals surface area contributed by atoms with Crippen LogP contribution in [0.15, 0.2) is 30.5 Å². The van der Waals surface area contributed by atoms with Gasteiger partial charge in [0.2, 0.25) is 5.91 Å². The number of benzene rings is 1. The molecular formula is C40H60N2O11. The summed E-state index contributed by atoms with van der Waals surface area (Å²) in [5, 5.41) is 24.0. The Morgan fingerprint density at radius 1 is 1.06 bits per heavy atom. The van der Waals surface area contributed by atoms with E-state index in [4.69, 9.17) is 33.6 Å². The third-order valence-corrected chi connectivity index (χ3v) is 10.6. The van der Waals surface area contributed by atoms with Gasteiger partial charge in [-0.2, -0.15) is 5.06 Å². The number of nitrogens with zero attached hydrogens (tertiary/aromatic N) is 1. The maximum atomic E-state index is 14.8. The van der Waals surface area contributed by atoms with Crippen LogP contribution in [0.1, 0.15) is 116 Å². The lowest BCUT2D eigenvalue weighted by molar-refractivity contribution is -0.224. The quantitative estimate of drug-likeness (QED) is 0.0960. The van der Waals surface area contributed by atoms with E-state index in [1.165, 1.54) is 6.26 Å². The van der Waals surface area contributed by atoms with Crippen LogP contribution < -0.4 is 5.32 Å². The number of aliphatic hydroxyl groups is 2. The summed E-state index contributed by atoms with van der Waals surface area (Å²) in [5.74, 6) is -2.40. The van der Waals surface area contributed by atoms with Crippen LogP contribution in [-0.2, 0) is 49.5 Å². The number of ether oxygens (including phenoxy) is 5. The van der Waals surface area contributed by atoms with Gasteiger partial charge in [0, 0.05) is 25.7 Å². The number of aliphatic hydroxyl groups excluding tert-OH is 2. The van der Waals surface area contributed by atoms with E-state index in [1.54, 1.807) is 31.9 Å². The monoisotopic (exact) mass is 744 g/mol. The van der Waals surface area contributed by atoms with E-state index < -0.39 is 77.8 Å². The van der Waals surface area contributed by atoms with Gasteiger partial charge in [-0.1, -0.05) is 63.8 Å². The SMILES string of the molecule is CCCCCC1(CCCCC)OC2C3CC4(C(=O)NC(CO)CCC(=O)OC(C)(C)C)C(ON(Cc5ccccc5C=COCCO)C4C(=O)O3)C2O1. The van der Waals surface area contributed by atoms with Crippen LogP contribution in [0, 0.1) is 5.41 Å². The van der Waals surface area contributed by atoms with Gasteiger partial charge >= 0.3 is 11.9 Å². The van der Waals surface area contributed by atoms with Crippen LogP contribution in [0.5, 0.6) is 0 Å². The summed E-state index contributed by atoms with van der Waals surface area (Å²) in [7, 11) is 0. The van der Waals surface area contributed by atoms with Gasteiger partial charge in [-0.05, 0) is 57.2 Å². The van der Waals surface area contributed by atoms with E-state index in [9.17, 15) is 19.5 Å². The summed E-state index contributed by atoms with van der Waals surface area (Å²) >= 11 is 0. The number of fused-ring (bicyclic) bond motifs is 4. The van der Waals surface area contributed by atoms with Crippen LogP contribution in [0.3, 0.4) is 0 Å². The van der Waals surface area contributed by atoms with Crippen molar-refractivity contribution >= 4 is 23.9 Å². The predicted molar refractivity (Wildman–Crippen MR) is 195 cm³/mol. The number of hydrogen-bond acceptors (Lipinski definition) is 12. The maximum absolute atomic E-state index is 14.8. The van der Waals surface area contributed by atoms with Gasteiger partial charge in [-0.25, -0.2) is 0 Å². The average Bonchev–Trinajstić information content (AvgIpc) is 3.67. The van der Waals surface area contributed by atoms with Gasteiger partial charge < -0.3 is 39.2 Å². The fraction of sp³-hybridized carbons (Fsp3) is 0.725. The molecule has 7 unspecified atom stereocenters. The van der Waals surface area contributed by atoms with Crippen LogP contribution in [0.2, 0.25) is 0 Å². The summed E-state index contributed by atoms with van der Waals surface area (Å²) < 4.78 is 30.8. The number of esters is 2. The van der Waals surface area contributed by atoms with E-state index in [0.717, 1.165) is 49.7 Å². The molecule has 1 amide bonds. The Balaban J connectivity index is 1.48. The van der Waals surface area contributed by atoms with Crippen LogP contribution in [0.4, 0.5) is 0 Å². The first kappa shape index (κ1) is 41.1. The van der Waals surface area contributed by atoms with Crippen molar-refractivity contribution in [3.63, 3.8) is 0 Å². The number of carbonyl (C=O) groups is 3. The molecule has 4 fully saturated rings. The van der Waals surface area contributed by atoms with E-state index in [0.29, 0.717) is 12.8 Å². The number of rotatable bonds is 20. The summed E-state index contributed by atoms with van der Waals surface area (Å²) in [5.41, 5.74) is -0.505. The van der Waals surface area contributed by atoms with Crippen LogP contribution in [-0.4, -0.2) is 101 Å². The Morgan fingerprint density at radius 2 is 1.75 bits per heavy atom. The highest BCUT2D eigenvalue weighted by atomic mass is 16.8. The van der Waals surface area contributed by atoms with E-state index in [2.05, 4.69) is 19.2 Å². The topological polar surface area (TPSA) is 162 Å². The smallest absolute Gasteiger partial charge is 0.327 e. The first-order valence-electron chi connectivity index (χ1n) is 19.5. The zero-order chi connectivity index (χ0) is 38.2. The molecule has 53 heavy (non-hydrogen) atoms. The molecule has 0 aromatic heterocycles. The van der Waals surface area contributed by atoms with Crippen LogP contribution >= 0.6 is 0 Å². The maximum Gasteiger partial charge on any atom is 0.327 e. The summed E-state index contributed by atoms with van der Waals surface area (Å²) in [4.78, 5) is 48.3. The predicted octanol–water partition coefficient (Wildman–Crippen LogP) is 4.71. The Labute approximate surface area is 313 Å². The molecule has 1 saturated carbocycles. The Hall–Kier alpha value is -3.07. The lowest BCUT2D eigenvalue weighted by Gasteiger charge is -2.49. The molecule has 1 aliphatic carbocycles. The summed E-state index contributed by atoms with van der Waals surface area (Å²) in [6.07, 6.45) is 7.82. The van der Waals surface area contributed by atoms with Crippen molar-refractivity contribution in [1.82, 2.24) is 10.4 Å². The highest BCUT2D eigenvalue weighted by Gasteiger charge is 2.76. The van der Waals surface area contributed by atoms with E-state index >= 15 is 0 Å². The fourth-order valence-electron chi connectivity index (χ4n) is 8.16. The Morgan fingerprint density at radius 3 is 2.42 bits per heavy atom. The third-order valence-electron chi connectivity index (χ3n) is 10.6. The van der Waals surface area contributed by atoms with E-state index in [-0.39, 0.29) is 39.0 Å². The second-order valence-electron chi connectivity index (χ2n) is 15.8. The van der Waals surface area contributed by atoms with Crippen molar-refractivity contribution in [2.45, 2.75) is 160 Å². The molecule has 3 saturated heterocycles. The van der Waals surface area contributed by atoms with Crippen molar-refractivity contribution in [2.75, 3.05) is 19.8 Å². The second kappa shape index (κ2) is 18.0. The summed E-state index contributed by atoms with van der Waals surface area (Å²) in [6.45, 7) is 9.39. The van der Waals surface area contributed by atoms with Gasteiger partial charge in [0.1, 0.15) is 42.0 Å². The standard InChI is InChI=1S/C40H60N2O11/c1-6-8-12-19-39(20-13-9-7-2)51-32-30-24-40(37(47)41-29(26-44)16-17-31(45)50-38(3,4)5)34(36(46)49-30)42(53-35(40)33(32)52-39)25-28-15-11-10-14-27(28)18-22-48-23-21-43/h10-11,14-15,18,22,29-30,32-35,43-44H,6-9,12-13,16-17,19-21,23-26H2,1-5H3,(H,41,47). The highest BCUT2D eigenvalue weighted by molar-refractivity contribution is 5.93. The normalized spacial score (nSPS) is 28.1. The first-order valence-corrected chi connectivity index (χ1v) is 19.5. The molecular weight excluding hydrogens is 684 g/mol. The molecule has 0 radical (unpaired) electrons. The largest absolute Gasteiger partial charge is 0.499 e. The number of nitrogens with one attached hydrogen (secondary N) is 1. The zero-order valence-corrected chi connectivity index (χ0v) is 32.1. The number of unbranched alkanes of at least 4 members (excludes halogenated alkanes) is 4. The summed E-state index contributed by atoms with van der Waals surface area (Å²) in [6, 6.07) is 5.66. The molecule has 5 rings (SSSR count). The van der Waals surface area contributed by atoms with Crippen molar-refractivity contribution in [2.24, 2.45) is 5.41 Å². The van der Waals surface area contributed by atoms with Gasteiger partial charge in [0.15, 0.2) is 11.8 Å². The Kier molecular flexibility index (Phi) is 14.0. The van der Waals surface area contributed by atoms with Gasteiger partial charge in [0.25, 0.3) is 0 Å². The number of amides is 1. The molecule has 3 heterocycles. The number of hydroxylamine groups is 2. The molecule has 13 heteroatoms. The molecule has 296 valence electrons. The van der Waals surface area contributed by atoms with Crippen molar-refractivity contribution in [3.05, 3.63) is 41.7 Å². The lowest BCUT2D eigenvalue weighted by Crippen LogP contribution is -2.70. The van der Waals surface area contributed by atoms with Crippen molar-refractivity contribution in [1.29, 1.82) is 0 Å². The molecule has 13 nitrogen and oxygen atoms in total. The minimum atomic E-state index is -1.44. The minimum Gasteiger partial charge on any atom is -0.499 e. The minimum absolute atomic E-state index is 0.0120. The number of hydrogen-bond donors (Lipinski definition) is 3. The van der Waals surface area contributed by atoms with Gasteiger partial charge in [-0.3, -0.25) is 19.2 Å². The molecule has 2 bridgehead atoms. The molecule has 1 aromatic carbocycles. The second-order valence-corrected chi connectivity index (χ2v) is 15.8. The third kappa shape index (κ3) is 9.42. The number of carbonyl (C=O) groups excluding carboxylic acids is 3. The lowest BCUT2D eigenvalue weighted by atomic mass is 9.62. The highest BCUT2D eigenvalue weighted by Crippen LogP contribution is 2.58. The van der Waals surface area contributed by atoms with E-state index in [1.807, 2.05) is 24.3 Å². The van der Waals surface area contributed by atoms with Gasteiger partial charge in [0.05, 0.1) is 32.1 Å². The molecule has 3 aliphatic heterocycles. The Bertz CT molecular complexity index is 1420. The molecule has 3 N–H and O–H groups in total. The van der Waals surface area contributed by atoms with Crippen molar-refractivity contribution < 1.29 is 53.1 Å². The molecule has 4 aliphatic rings. The first-order chi connectivity index (χ1) is 25.4. The van der Waals surface area contributed by atoms with Gasteiger partial charge in [-0.15, -0.1) is 0 Å². The fourth-order valence-corrected chi connectivity index (χ4v) is 8.16. The molecule has 0 spiro atoms. The molecule has 1 aromatic rings.